The van der Waals surface area contributed by atoms with E-state index in [1.807, 2.05) is 0 Å². The van der Waals surface area contributed by atoms with E-state index < -0.39 is 29.8 Å². The summed E-state index contributed by atoms with van der Waals surface area (Å²) in [6.07, 6.45) is -1.98. The first-order valence-corrected chi connectivity index (χ1v) is 3.74. The number of alkyl halides is 4. The lowest BCUT2D eigenvalue weighted by Gasteiger charge is -2.07. The maximum atomic E-state index is 12.4. The van der Waals surface area contributed by atoms with E-state index in [-0.39, 0.29) is 11.8 Å². The van der Waals surface area contributed by atoms with Gasteiger partial charge in [-0.1, -0.05) is 11.8 Å². The number of hydrogen-bond donors (Lipinski definition) is 0. The Labute approximate surface area is 60.0 Å². The molecule has 0 aromatic heterocycles. The summed E-state index contributed by atoms with van der Waals surface area (Å²) >= 11 is 0.213. The molecule has 1 aliphatic heterocycles. The van der Waals surface area contributed by atoms with Crippen molar-refractivity contribution in [3.05, 3.63) is 0 Å². The largest absolute Gasteiger partial charge is 0.251 e. The van der Waals surface area contributed by atoms with E-state index in [1.54, 1.807) is 0 Å². The van der Waals surface area contributed by atoms with Gasteiger partial charge in [-0.3, -0.25) is 4.39 Å². The zero-order chi connectivity index (χ0) is 7.72. The third kappa shape index (κ3) is 1.24. The molecule has 1 heterocycles. The normalized spacial score (nSPS) is 48.0. The Balaban J connectivity index is 2.55. The molecule has 1 fully saturated rings. The fourth-order valence-corrected chi connectivity index (χ4v) is 1.82. The van der Waals surface area contributed by atoms with Gasteiger partial charge in [0.1, 0.15) is 6.17 Å². The molecule has 0 aliphatic carbocycles. The zero-order valence-electron chi connectivity index (χ0n) is 4.94. The molecule has 0 saturated carbocycles. The Morgan fingerprint density at radius 3 is 1.90 bits per heavy atom. The highest BCUT2D eigenvalue weighted by Crippen LogP contribution is 2.42. The van der Waals surface area contributed by atoms with Gasteiger partial charge in [-0.05, 0) is 0 Å². The Morgan fingerprint density at radius 2 is 1.70 bits per heavy atom. The highest BCUT2D eigenvalue weighted by molar-refractivity contribution is 8.00. The van der Waals surface area contributed by atoms with Crippen LogP contribution in [0.1, 0.15) is 0 Å². The molecule has 0 N–H and O–H groups in total. The lowest BCUT2D eigenvalue weighted by Crippen LogP contribution is -2.21. The third-order valence-corrected chi connectivity index (χ3v) is 2.56. The predicted octanol–water partition coefficient (Wildman–Crippen LogP) is 2.25. The van der Waals surface area contributed by atoms with Crippen LogP contribution in [0.25, 0.3) is 0 Å². The van der Waals surface area contributed by atoms with Crippen LogP contribution in [0.2, 0.25) is 0 Å². The van der Waals surface area contributed by atoms with E-state index in [9.17, 15) is 17.6 Å². The van der Waals surface area contributed by atoms with Crippen LogP contribution in [0.4, 0.5) is 17.6 Å². The minimum atomic E-state index is -1.98. The first-order valence-electron chi connectivity index (χ1n) is 2.80. The van der Waals surface area contributed by atoms with Crippen molar-refractivity contribution in [2.24, 2.45) is 5.92 Å². The third-order valence-electron chi connectivity index (χ3n) is 1.43. The van der Waals surface area contributed by atoms with Gasteiger partial charge in [-0.25, -0.2) is 13.2 Å². The average molecular weight is 174 g/mol. The molecule has 0 radical (unpaired) electrons. The fourth-order valence-electron chi connectivity index (χ4n) is 0.794. The smallest absolute Gasteiger partial charge is 0.180 e. The van der Waals surface area contributed by atoms with Crippen molar-refractivity contribution in [1.82, 2.24) is 0 Å². The summed E-state index contributed by atoms with van der Waals surface area (Å²) < 4.78 is 48.6. The molecule has 60 valence electrons. The molecule has 0 aromatic carbocycles. The summed E-state index contributed by atoms with van der Waals surface area (Å²) in [6.45, 7) is -1.13. The van der Waals surface area contributed by atoms with Crippen molar-refractivity contribution in [3.8, 4) is 0 Å². The van der Waals surface area contributed by atoms with Crippen molar-refractivity contribution in [2.45, 2.75) is 17.2 Å². The lowest BCUT2D eigenvalue weighted by atomic mass is 10.1. The standard InChI is InChI=1S/C5H6F4S/c6-1-2-3(7)5(9)10-4(2)8/h2-5H,1H2. The van der Waals surface area contributed by atoms with Gasteiger partial charge in [-0.15, -0.1) is 0 Å². The summed E-state index contributed by atoms with van der Waals surface area (Å²) in [7, 11) is 0. The number of thioether (sulfide) groups is 1. The highest BCUT2D eigenvalue weighted by Gasteiger charge is 2.45. The van der Waals surface area contributed by atoms with E-state index in [0.29, 0.717) is 0 Å². The molecule has 10 heavy (non-hydrogen) atoms. The summed E-state index contributed by atoms with van der Waals surface area (Å²) in [6, 6.07) is 0. The van der Waals surface area contributed by atoms with Crippen molar-refractivity contribution in [3.63, 3.8) is 0 Å². The molecule has 0 aromatic rings. The molecule has 0 spiro atoms. The van der Waals surface area contributed by atoms with Gasteiger partial charge in [0.15, 0.2) is 11.0 Å². The van der Waals surface area contributed by atoms with Crippen LogP contribution in [0.5, 0.6) is 0 Å². The molecule has 1 aliphatic rings. The number of halogens is 4. The summed E-state index contributed by atoms with van der Waals surface area (Å²) in [5.41, 5.74) is -3.62. The monoisotopic (exact) mass is 174 g/mol. The average Bonchev–Trinajstić information content (AvgIpc) is 2.09. The van der Waals surface area contributed by atoms with E-state index in [1.165, 1.54) is 0 Å². The number of rotatable bonds is 1. The predicted molar refractivity (Wildman–Crippen MR) is 31.7 cm³/mol. The molecular formula is C5H6F4S. The minimum absolute atomic E-state index is 0.213. The van der Waals surface area contributed by atoms with E-state index >= 15 is 0 Å². The minimum Gasteiger partial charge on any atom is -0.251 e. The van der Waals surface area contributed by atoms with Crippen molar-refractivity contribution in [1.29, 1.82) is 0 Å². The quantitative estimate of drug-likeness (QED) is 0.549. The van der Waals surface area contributed by atoms with Gasteiger partial charge < -0.3 is 0 Å². The van der Waals surface area contributed by atoms with Crippen LogP contribution in [-0.2, 0) is 0 Å². The van der Waals surface area contributed by atoms with Crippen molar-refractivity contribution in [2.75, 3.05) is 6.67 Å². The second-order valence-electron chi connectivity index (χ2n) is 2.10. The first-order chi connectivity index (χ1) is 4.66. The molecular weight excluding hydrogens is 168 g/mol. The topological polar surface area (TPSA) is 0 Å². The summed E-state index contributed by atoms with van der Waals surface area (Å²) in [5, 5.41) is 0. The number of hydrogen-bond acceptors (Lipinski definition) is 1. The van der Waals surface area contributed by atoms with Crippen LogP contribution in [-0.4, -0.2) is 23.9 Å². The molecule has 5 heteroatoms. The Kier molecular flexibility index (Phi) is 2.44. The maximum absolute atomic E-state index is 12.4. The summed E-state index contributed by atoms with van der Waals surface area (Å²) in [4.78, 5) is 0. The van der Waals surface area contributed by atoms with Crippen LogP contribution in [0.3, 0.4) is 0 Å². The van der Waals surface area contributed by atoms with Gasteiger partial charge in [0, 0.05) is 0 Å². The van der Waals surface area contributed by atoms with Gasteiger partial charge in [-0.2, -0.15) is 0 Å². The molecule has 0 bridgehead atoms. The van der Waals surface area contributed by atoms with E-state index in [2.05, 4.69) is 0 Å². The zero-order valence-corrected chi connectivity index (χ0v) is 5.75. The first kappa shape index (κ1) is 8.17. The molecule has 4 unspecified atom stereocenters. The van der Waals surface area contributed by atoms with E-state index in [4.69, 9.17) is 0 Å². The van der Waals surface area contributed by atoms with Crippen molar-refractivity contribution < 1.29 is 17.6 Å². The van der Waals surface area contributed by atoms with Gasteiger partial charge in [0.05, 0.1) is 12.6 Å². The van der Waals surface area contributed by atoms with E-state index in [0.717, 1.165) is 0 Å². The van der Waals surface area contributed by atoms with Crippen LogP contribution < -0.4 is 0 Å². The molecule has 4 atom stereocenters. The Morgan fingerprint density at radius 1 is 1.10 bits per heavy atom. The van der Waals surface area contributed by atoms with Crippen LogP contribution in [0, 0.1) is 5.92 Å². The Bertz CT molecular complexity index is 120. The SMILES string of the molecule is FCC1C(F)SC(F)C1F. The van der Waals surface area contributed by atoms with Gasteiger partial charge >= 0.3 is 0 Å². The molecule has 0 nitrogen and oxygen atoms in total. The van der Waals surface area contributed by atoms with Gasteiger partial charge in [0.25, 0.3) is 0 Å². The second kappa shape index (κ2) is 2.98. The van der Waals surface area contributed by atoms with Crippen LogP contribution >= 0.6 is 11.8 Å². The Hall–Kier alpha value is 0.0700. The summed E-state index contributed by atoms with van der Waals surface area (Å²) in [5.74, 6) is -1.40. The van der Waals surface area contributed by atoms with Crippen molar-refractivity contribution >= 4 is 11.8 Å². The second-order valence-corrected chi connectivity index (χ2v) is 3.27. The molecule has 0 amide bonds. The maximum Gasteiger partial charge on any atom is 0.180 e. The van der Waals surface area contributed by atoms with Crippen LogP contribution in [0.15, 0.2) is 0 Å². The fraction of sp³-hybridized carbons (Fsp3) is 1.00. The van der Waals surface area contributed by atoms with Gasteiger partial charge in [0.2, 0.25) is 0 Å². The molecule has 1 rings (SSSR count). The lowest BCUT2D eigenvalue weighted by molar-refractivity contribution is 0.129. The highest BCUT2D eigenvalue weighted by atomic mass is 32.2. The molecule has 1 saturated heterocycles.